The summed E-state index contributed by atoms with van der Waals surface area (Å²) >= 11 is 0. The van der Waals surface area contributed by atoms with E-state index in [4.69, 9.17) is 4.74 Å². The van der Waals surface area contributed by atoms with Crippen LogP contribution in [0.5, 0.6) is 0 Å². The Morgan fingerprint density at radius 2 is 1.73 bits per heavy atom. The van der Waals surface area contributed by atoms with Crippen LogP contribution in [0, 0.1) is 0 Å². The first-order valence-corrected chi connectivity index (χ1v) is 9.91. The summed E-state index contributed by atoms with van der Waals surface area (Å²) < 4.78 is 34.6. The van der Waals surface area contributed by atoms with Gasteiger partial charge in [-0.1, -0.05) is 6.42 Å². The second-order valence-corrected chi connectivity index (χ2v) is 9.34. The molecule has 0 radical (unpaired) electrons. The summed E-state index contributed by atoms with van der Waals surface area (Å²) in [5.74, 6) is 0. The van der Waals surface area contributed by atoms with Crippen molar-refractivity contribution in [3.63, 3.8) is 0 Å². The van der Waals surface area contributed by atoms with E-state index in [0.717, 1.165) is 57.8 Å². The highest BCUT2D eigenvalue weighted by Gasteiger charge is 2.50. The fraction of sp³-hybridized carbons (Fsp3) is 0.933. The van der Waals surface area contributed by atoms with Gasteiger partial charge in [-0.15, -0.1) is 4.40 Å². The molecule has 0 aromatic carbocycles. The van der Waals surface area contributed by atoms with Crippen molar-refractivity contribution in [1.29, 1.82) is 0 Å². The van der Waals surface area contributed by atoms with Gasteiger partial charge in [0.05, 0.1) is 5.60 Å². The molecule has 6 nitrogen and oxygen atoms in total. The summed E-state index contributed by atoms with van der Waals surface area (Å²) in [6, 6.07) is 0.190. The zero-order chi connectivity index (χ0) is 15.4. The number of hydrogen-bond donors (Lipinski definition) is 2. The van der Waals surface area contributed by atoms with Crippen LogP contribution < -0.4 is 5.32 Å². The summed E-state index contributed by atoms with van der Waals surface area (Å²) in [6.45, 7) is 0. The highest BCUT2D eigenvalue weighted by molar-refractivity contribution is 7.91. The number of nitrogens with zero attached hydrogens (tertiary/aromatic N) is 1. The van der Waals surface area contributed by atoms with Gasteiger partial charge in [-0.05, 0) is 57.8 Å². The van der Waals surface area contributed by atoms with Crippen LogP contribution in [-0.4, -0.2) is 42.0 Å². The van der Waals surface area contributed by atoms with E-state index in [2.05, 4.69) is 9.71 Å². The van der Waals surface area contributed by atoms with Crippen LogP contribution in [0.15, 0.2) is 4.40 Å². The molecule has 0 aromatic rings. The van der Waals surface area contributed by atoms with Crippen LogP contribution in [0.25, 0.3) is 0 Å². The van der Waals surface area contributed by atoms with E-state index < -0.39 is 20.9 Å². The Kier molecular flexibility index (Phi) is 3.24. The maximum absolute atomic E-state index is 12.4. The zero-order valence-corrected chi connectivity index (χ0v) is 13.6. The molecule has 2 unspecified atom stereocenters. The highest BCUT2D eigenvalue weighted by Crippen LogP contribution is 2.47. The molecule has 1 heterocycles. The molecule has 1 aliphatic heterocycles. The third-order valence-corrected chi connectivity index (χ3v) is 7.80. The lowest BCUT2D eigenvalue weighted by molar-refractivity contribution is -0.0699. The average molecular weight is 328 g/mol. The largest absolute Gasteiger partial charge is 0.460 e. The van der Waals surface area contributed by atoms with Gasteiger partial charge in [-0.25, -0.2) is 8.42 Å². The number of hydrogen-bond acceptors (Lipinski definition) is 5. The van der Waals surface area contributed by atoms with Gasteiger partial charge >= 0.3 is 6.02 Å². The van der Waals surface area contributed by atoms with E-state index in [1.165, 1.54) is 0 Å². The Morgan fingerprint density at radius 3 is 2.41 bits per heavy atom. The number of rotatable bonds is 1. The zero-order valence-electron chi connectivity index (χ0n) is 12.8. The summed E-state index contributed by atoms with van der Waals surface area (Å²) in [7, 11) is -3.47. The van der Waals surface area contributed by atoms with Crippen molar-refractivity contribution in [2.45, 2.75) is 86.7 Å². The van der Waals surface area contributed by atoms with Crippen molar-refractivity contribution >= 4 is 16.0 Å². The first-order chi connectivity index (χ1) is 10.4. The first kappa shape index (κ1) is 14.8. The number of amidine groups is 1. The molecule has 2 N–H and O–H groups in total. The summed E-state index contributed by atoms with van der Waals surface area (Å²) in [5, 5.41) is 13.1. The molecule has 5 aliphatic rings. The predicted molar refractivity (Wildman–Crippen MR) is 82.0 cm³/mol. The van der Waals surface area contributed by atoms with Crippen molar-refractivity contribution in [3.05, 3.63) is 0 Å². The standard InChI is InChI=1S/C15H24N2O4S/c18-15-8-5-14(6-9-15,7-10-15)16-13-17-22(19,20)12-4-2-1-3-11(12)21-13/h11-12,18H,1-10H2,(H,16,17). The van der Waals surface area contributed by atoms with Gasteiger partial charge in [0.15, 0.2) is 0 Å². The summed E-state index contributed by atoms with van der Waals surface area (Å²) in [4.78, 5) is 0. The topological polar surface area (TPSA) is 88.0 Å². The normalized spacial score (nSPS) is 46.3. The van der Waals surface area contributed by atoms with Crippen LogP contribution in [0.2, 0.25) is 0 Å². The van der Waals surface area contributed by atoms with Crippen LogP contribution >= 0.6 is 0 Å². The van der Waals surface area contributed by atoms with Gasteiger partial charge in [0, 0.05) is 5.54 Å². The van der Waals surface area contributed by atoms with Gasteiger partial charge in [0.25, 0.3) is 10.0 Å². The smallest absolute Gasteiger partial charge is 0.301 e. The van der Waals surface area contributed by atoms with E-state index in [-0.39, 0.29) is 17.7 Å². The molecule has 7 heteroatoms. The third-order valence-electron chi connectivity index (χ3n) is 6.08. The first-order valence-electron chi connectivity index (χ1n) is 8.41. The number of ether oxygens (including phenoxy) is 1. The molecule has 4 saturated carbocycles. The Bertz CT molecular complexity index is 576. The van der Waals surface area contributed by atoms with E-state index in [1.807, 2.05) is 0 Å². The van der Waals surface area contributed by atoms with Gasteiger partial charge in [-0.3, -0.25) is 0 Å². The number of fused-ring (bicyclic) bond motifs is 4. The maximum atomic E-state index is 12.4. The lowest BCUT2D eigenvalue weighted by Gasteiger charge is -2.51. The predicted octanol–water partition coefficient (Wildman–Crippen LogP) is 1.44. The Labute approximate surface area is 131 Å². The molecular formula is C15H24N2O4S. The third kappa shape index (κ3) is 2.42. The minimum Gasteiger partial charge on any atom is -0.460 e. The minimum atomic E-state index is -3.47. The number of aliphatic hydroxyl groups is 1. The van der Waals surface area contributed by atoms with E-state index in [0.29, 0.717) is 6.42 Å². The Hall–Kier alpha value is -0.820. The van der Waals surface area contributed by atoms with Crippen molar-refractivity contribution in [2.75, 3.05) is 0 Å². The van der Waals surface area contributed by atoms with Crippen LogP contribution in [0.1, 0.15) is 64.2 Å². The quantitative estimate of drug-likeness (QED) is 0.760. The Balaban J connectivity index is 1.55. The monoisotopic (exact) mass is 328 g/mol. The van der Waals surface area contributed by atoms with Gasteiger partial charge in [0.2, 0.25) is 0 Å². The molecule has 22 heavy (non-hydrogen) atoms. The van der Waals surface area contributed by atoms with Gasteiger partial charge in [0.1, 0.15) is 11.4 Å². The fourth-order valence-corrected chi connectivity index (χ4v) is 6.01. The molecule has 5 rings (SSSR count). The SMILES string of the molecule is O=S1(=O)N=C(NC23CCC(O)(CC2)CC3)OC2CCCCC21. The van der Waals surface area contributed by atoms with E-state index in [9.17, 15) is 13.5 Å². The number of nitrogens with one attached hydrogen (secondary N) is 1. The molecule has 124 valence electrons. The van der Waals surface area contributed by atoms with E-state index >= 15 is 0 Å². The molecular weight excluding hydrogens is 304 g/mol. The molecule has 0 spiro atoms. The second-order valence-electron chi connectivity index (χ2n) is 7.52. The van der Waals surface area contributed by atoms with Crippen molar-refractivity contribution < 1.29 is 18.3 Å². The summed E-state index contributed by atoms with van der Waals surface area (Å²) in [6.07, 6.45) is 8.00. The molecule has 0 amide bonds. The lowest BCUT2D eigenvalue weighted by Crippen LogP contribution is -2.60. The minimum absolute atomic E-state index is 0.152. The second kappa shape index (κ2) is 4.84. The molecule has 0 saturated heterocycles. The molecule has 2 bridgehead atoms. The fourth-order valence-electron chi connectivity index (χ4n) is 4.52. The van der Waals surface area contributed by atoms with Crippen LogP contribution in [0.4, 0.5) is 0 Å². The van der Waals surface area contributed by atoms with Crippen LogP contribution in [-0.2, 0) is 14.8 Å². The van der Waals surface area contributed by atoms with Gasteiger partial charge in [-0.2, -0.15) is 0 Å². The van der Waals surface area contributed by atoms with Crippen molar-refractivity contribution in [3.8, 4) is 0 Å². The Morgan fingerprint density at radius 1 is 1.09 bits per heavy atom. The van der Waals surface area contributed by atoms with Crippen LogP contribution in [0.3, 0.4) is 0 Å². The van der Waals surface area contributed by atoms with Crippen molar-refractivity contribution in [1.82, 2.24) is 5.32 Å². The average Bonchev–Trinajstić information content (AvgIpc) is 2.48. The number of sulfonamides is 1. The van der Waals surface area contributed by atoms with E-state index in [1.54, 1.807) is 0 Å². The van der Waals surface area contributed by atoms with Gasteiger partial charge < -0.3 is 15.2 Å². The molecule has 4 fully saturated rings. The molecule has 2 atom stereocenters. The maximum Gasteiger partial charge on any atom is 0.301 e. The highest BCUT2D eigenvalue weighted by atomic mass is 32.2. The molecule has 4 aliphatic carbocycles. The lowest BCUT2D eigenvalue weighted by atomic mass is 9.63. The molecule has 0 aromatic heterocycles. The van der Waals surface area contributed by atoms with Crippen molar-refractivity contribution in [2.24, 2.45) is 4.40 Å². The summed E-state index contributed by atoms with van der Waals surface area (Å²) in [5.41, 5.74) is -0.653.